The maximum absolute atomic E-state index is 12.3. The lowest BCUT2D eigenvalue weighted by atomic mass is 10.1. The molecular weight excluding hydrogens is 372 g/mol. The Morgan fingerprint density at radius 3 is 2.54 bits per heavy atom. The van der Waals surface area contributed by atoms with Gasteiger partial charge in [0.2, 0.25) is 0 Å². The number of alkyl halides is 2. The first kappa shape index (κ1) is 21.7. The summed E-state index contributed by atoms with van der Waals surface area (Å²) in [5, 5.41) is 2.89. The number of carbonyl (C=O) groups excluding carboxylic acids is 2. The molecule has 0 atom stereocenters. The monoisotopic (exact) mass is 397 g/mol. The number of halogens is 2. The van der Waals surface area contributed by atoms with E-state index in [0.717, 1.165) is 31.8 Å². The number of hydrogen-bond acceptors (Lipinski definition) is 5. The zero-order valence-corrected chi connectivity index (χ0v) is 15.8. The summed E-state index contributed by atoms with van der Waals surface area (Å²) < 4.78 is 38.9. The van der Waals surface area contributed by atoms with Gasteiger partial charge in [0, 0.05) is 12.1 Å². The minimum Gasteiger partial charge on any atom is -0.493 e. The molecule has 1 aromatic carbocycles. The van der Waals surface area contributed by atoms with Crippen molar-refractivity contribution in [3.63, 3.8) is 0 Å². The molecule has 0 radical (unpaired) electrons. The van der Waals surface area contributed by atoms with Crippen molar-refractivity contribution in [2.45, 2.75) is 51.2 Å². The average Bonchev–Trinajstić information content (AvgIpc) is 2.93. The topological polar surface area (TPSA) is 73.9 Å². The van der Waals surface area contributed by atoms with Gasteiger partial charge in [-0.3, -0.25) is 4.79 Å². The molecule has 8 heteroatoms. The smallest absolute Gasteiger partial charge is 0.387 e. The fourth-order valence-corrected chi connectivity index (χ4v) is 3.02. The Labute approximate surface area is 162 Å². The summed E-state index contributed by atoms with van der Waals surface area (Å²) in [6, 6.07) is 4.39. The molecule has 1 fully saturated rings. The largest absolute Gasteiger partial charge is 0.493 e. The van der Waals surface area contributed by atoms with Crippen LogP contribution in [0.4, 0.5) is 8.78 Å². The number of amides is 1. The third-order valence-corrected chi connectivity index (χ3v) is 4.38. The van der Waals surface area contributed by atoms with E-state index in [0.29, 0.717) is 5.56 Å². The molecule has 0 spiro atoms. The van der Waals surface area contributed by atoms with Gasteiger partial charge in [0.1, 0.15) is 0 Å². The van der Waals surface area contributed by atoms with Crippen molar-refractivity contribution in [3.8, 4) is 11.5 Å². The standard InChI is InChI=1S/C20H25F2NO5/c1-26-17-12-14(8-10-16(17)28-20(21)22)9-11-19(25)27-13-18(24)23-15-6-4-2-3-5-7-15/h8-12,15,20H,2-7,13H2,1H3,(H,23,24)/b11-9+. The minimum atomic E-state index is -2.96. The summed E-state index contributed by atoms with van der Waals surface area (Å²) in [7, 11) is 1.32. The summed E-state index contributed by atoms with van der Waals surface area (Å²) in [6.45, 7) is -3.31. The third-order valence-electron chi connectivity index (χ3n) is 4.38. The van der Waals surface area contributed by atoms with Gasteiger partial charge in [-0.05, 0) is 36.6 Å². The van der Waals surface area contributed by atoms with Crippen LogP contribution >= 0.6 is 0 Å². The molecule has 0 saturated heterocycles. The average molecular weight is 397 g/mol. The number of carbonyl (C=O) groups is 2. The minimum absolute atomic E-state index is 0.104. The Kier molecular flexibility index (Phi) is 8.71. The molecule has 0 aliphatic heterocycles. The number of rotatable bonds is 8. The highest BCUT2D eigenvalue weighted by molar-refractivity contribution is 5.89. The number of benzene rings is 1. The van der Waals surface area contributed by atoms with Crippen molar-refractivity contribution >= 4 is 18.0 Å². The van der Waals surface area contributed by atoms with Gasteiger partial charge in [-0.15, -0.1) is 0 Å². The van der Waals surface area contributed by atoms with E-state index >= 15 is 0 Å². The van der Waals surface area contributed by atoms with E-state index < -0.39 is 12.6 Å². The molecular formula is C20H25F2NO5. The van der Waals surface area contributed by atoms with Crippen molar-refractivity contribution in [2.75, 3.05) is 13.7 Å². The van der Waals surface area contributed by atoms with Crippen LogP contribution in [0.1, 0.15) is 44.1 Å². The first-order chi connectivity index (χ1) is 13.5. The van der Waals surface area contributed by atoms with E-state index in [1.807, 2.05) is 0 Å². The van der Waals surface area contributed by atoms with E-state index in [4.69, 9.17) is 9.47 Å². The molecule has 1 aliphatic rings. The van der Waals surface area contributed by atoms with Gasteiger partial charge in [-0.1, -0.05) is 31.7 Å². The van der Waals surface area contributed by atoms with Crippen molar-refractivity contribution < 1.29 is 32.6 Å². The van der Waals surface area contributed by atoms with Gasteiger partial charge in [-0.2, -0.15) is 8.78 Å². The molecule has 28 heavy (non-hydrogen) atoms. The maximum Gasteiger partial charge on any atom is 0.387 e. The summed E-state index contributed by atoms with van der Waals surface area (Å²) in [4.78, 5) is 23.7. The van der Waals surface area contributed by atoms with E-state index in [2.05, 4.69) is 10.1 Å². The quantitative estimate of drug-likeness (QED) is 0.411. The highest BCUT2D eigenvalue weighted by Crippen LogP contribution is 2.29. The second-order valence-corrected chi connectivity index (χ2v) is 6.49. The van der Waals surface area contributed by atoms with Crippen LogP contribution in [0.3, 0.4) is 0 Å². The van der Waals surface area contributed by atoms with Crippen molar-refractivity contribution in [2.24, 2.45) is 0 Å². The van der Waals surface area contributed by atoms with Crippen molar-refractivity contribution in [1.29, 1.82) is 0 Å². The van der Waals surface area contributed by atoms with Gasteiger partial charge in [0.25, 0.3) is 5.91 Å². The fourth-order valence-electron chi connectivity index (χ4n) is 3.02. The van der Waals surface area contributed by atoms with Crippen LogP contribution in [0.2, 0.25) is 0 Å². The molecule has 0 bridgehead atoms. The van der Waals surface area contributed by atoms with Crippen LogP contribution in [0.25, 0.3) is 6.08 Å². The lowest BCUT2D eigenvalue weighted by Gasteiger charge is -2.15. The van der Waals surface area contributed by atoms with Gasteiger partial charge in [-0.25, -0.2) is 4.79 Å². The Hall–Kier alpha value is -2.64. The van der Waals surface area contributed by atoms with Gasteiger partial charge < -0.3 is 19.5 Å². The second kappa shape index (κ2) is 11.3. The van der Waals surface area contributed by atoms with E-state index in [-0.39, 0.29) is 30.1 Å². The molecule has 1 N–H and O–H groups in total. The molecule has 0 aromatic heterocycles. The molecule has 1 saturated carbocycles. The van der Waals surface area contributed by atoms with E-state index in [1.165, 1.54) is 44.2 Å². The first-order valence-electron chi connectivity index (χ1n) is 9.25. The van der Waals surface area contributed by atoms with Crippen LogP contribution in [-0.4, -0.2) is 38.2 Å². The van der Waals surface area contributed by atoms with E-state index in [9.17, 15) is 18.4 Å². The number of methoxy groups -OCH3 is 1. The molecule has 1 aliphatic carbocycles. The Bertz CT molecular complexity index is 685. The van der Waals surface area contributed by atoms with Crippen LogP contribution in [0, 0.1) is 0 Å². The molecule has 6 nitrogen and oxygen atoms in total. The number of esters is 1. The van der Waals surface area contributed by atoms with Crippen molar-refractivity contribution in [1.82, 2.24) is 5.32 Å². The zero-order valence-electron chi connectivity index (χ0n) is 15.8. The molecule has 154 valence electrons. The van der Waals surface area contributed by atoms with Gasteiger partial charge in [0.15, 0.2) is 18.1 Å². The summed E-state index contributed by atoms with van der Waals surface area (Å²) in [5.74, 6) is -0.988. The van der Waals surface area contributed by atoms with Gasteiger partial charge >= 0.3 is 12.6 Å². The first-order valence-corrected chi connectivity index (χ1v) is 9.25. The predicted octanol–water partition coefficient (Wildman–Crippen LogP) is 3.69. The lowest BCUT2D eigenvalue weighted by Crippen LogP contribution is -2.37. The fraction of sp³-hybridized carbons (Fsp3) is 0.500. The number of hydrogen-bond donors (Lipinski definition) is 1. The summed E-state index contributed by atoms with van der Waals surface area (Å²) in [5.41, 5.74) is 0.526. The molecule has 0 heterocycles. The summed E-state index contributed by atoms with van der Waals surface area (Å²) in [6.07, 6.45) is 9.05. The van der Waals surface area contributed by atoms with Crippen molar-refractivity contribution in [3.05, 3.63) is 29.8 Å². The SMILES string of the molecule is COc1cc(/C=C/C(=O)OCC(=O)NC2CCCCCC2)ccc1OC(F)F. The van der Waals surface area contributed by atoms with E-state index in [1.54, 1.807) is 0 Å². The third kappa shape index (κ3) is 7.54. The Balaban J connectivity index is 1.81. The van der Waals surface area contributed by atoms with Crippen LogP contribution < -0.4 is 14.8 Å². The van der Waals surface area contributed by atoms with Crippen LogP contribution in [0.15, 0.2) is 24.3 Å². The maximum atomic E-state index is 12.3. The predicted molar refractivity (Wildman–Crippen MR) is 99.3 cm³/mol. The van der Waals surface area contributed by atoms with Crippen LogP contribution in [0.5, 0.6) is 11.5 Å². The normalized spacial score (nSPS) is 15.3. The molecule has 2 rings (SSSR count). The highest BCUT2D eigenvalue weighted by atomic mass is 19.3. The van der Waals surface area contributed by atoms with Gasteiger partial charge in [0.05, 0.1) is 7.11 Å². The lowest BCUT2D eigenvalue weighted by molar-refractivity contribution is -0.144. The highest BCUT2D eigenvalue weighted by Gasteiger charge is 2.15. The molecule has 0 unspecified atom stereocenters. The Morgan fingerprint density at radius 1 is 1.18 bits per heavy atom. The zero-order chi connectivity index (χ0) is 20.4. The Morgan fingerprint density at radius 2 is 1.89 bits per heavy atom. The van der Waals surface area contributed by atoms with Crippen LogP contribution in [-0.2, 0) is 14.3 Å². The summed E-state index contributed by atoms with van der Waals surface area (Å²) >= 11 is 0. The molecule has 1 amide bonds. The second-order valence-electron chi connectivity index (χ2n) is 6.49. The molecule has 1 aromatic rings. The number of nitrogens with one attached hydrogen (secondary N) is 1. The number of ether oxygens (including phenoxy) is 3.